The number of hydrogen-bond donors (Lipinski definition) is 1. The maximum atomic E-state index is 4.72. The van der Waals surface area contributed by atoms with E-state index < -0.39 is 0 Å². The normalized spacial score (nSPS) is 20.1. The van der Waals surface area contributed by atoms with E-state index in [1.807, 2.05) is 7.05 Å². The highest BCUT2D eigenvalue weighted by atomic mass is 15.4. The van der Waals surface area contributed by atoms with E-state index >= 15 is 0 Å². The molecule has 2 aliphatic rings. The third-order valence-corrected chi connectivity index (χ3v) is 4.11. The molecule has 6 heteroatoms. The summed E-state index contributed by atoms with van der Waals surface area (Å²) in [6.45, 7) is 4.25. The predicted molar refractivity (Wildman–Crippen MR) is 81.5 cm³/mol. The van der Waals surface area contributed by atoms with E-state index in [-0.39, 0.29) is 0 Å². The van der Waals surface area contributed by atoms with Crippen LogP contribution in [0.15, 0.2) is 0 Å². The first-order chi connectivity index (χ1) is 9.86. The lowest BCUT2D eigenvalue weighted by Gasteiger charge is -2.23. The Bertz CT molecular complexity index is 435. The van der Waals surface area contributed by atoms with Gasteiger partial charge in [0.2, 0.25) is 17.8 Å². The summed E-state index contributed by atoms with van der Waals surface area (Å²) >= 11 is 0. The van der Waals surface area contributed by atoms with Gasteiger partial charge in [0, 0.05) is 33.2 Å². The summed E-state index contributed by atoms with van der Waals surface area (Å²) in [6.07, 6.45) is 7.58. The summed E-state index contributed by atoms with van der Waals surface area (Å²) in [4.78, 5) is 18.4. The Kier molecular flexibility index (Phi) is 4.18. The van der Waals surface area contributed by atoms with Crippen LogP contribution in [0.1, 0.15) is 38.5 Å². The highest BCUT2D eigenvalue weighted by Crippen LogP contribution is 2.22. The van der Waals surface area contributed by atoms with E-state index in [0.717, 1.165) is 38.1 Å². The number of nitrogens with one attached hydrogen (secondary N) is 1. The fourth-order valence-electron chi connectivity index (χ4n) is 2.94. The minimum atomic E-state index is 0.682. The molecule has 1 N–H and O–H groups in total. The zero-order valence-electron chi connectivity index (χ0n) is 12.3. The quantitative estimate of drug-likeness (QED) is 0.910. The molecule has 0 aliphatic carbocycles. The molecule has 2 aliphatic heterocycles. The van der Waals surface area contributed by atoms with Crippen molar-refractivity contribution in [1.29, 1.82) is 0 Å². The Morgan fingerprint density at radius 1 is 0.700 bits per heavy atom. The molecule has 20 heavy (non-hydrogen) atoms. The molecule has 2 fully saturated rings. The lowest BCUT2D eigenvalue weighted by Crippen LogP contribution is -2.28. The molecule has 0 bridgehead atoms. The van der Waals surface area contributed by atoms with Gasteiger partial charge in [-0.05, 0) is 25.7 Å². The Morgan fingerprint density at radius 2 is 1.15 bits per heavy atom. The Hall–Kier alpha value is -1.59. The molecule has 110 valence electrons. The number of rotatable bonds is 3. The minimum Gasteiger partial charge on any atom is -0.357 e. The highest BCUT2D eigenvalue weighted by Gasteiger charge is 2.20. The van der Waals surface area contributed by atoms with Crippen LogP contribution in [0.25, 0.3) is 0 Å². The predicted octanol–water partition coefficient (Wildman–Crippen LogP) is 1.89. The fraction of sp³-hybridized carbons (Fsp3) is 0.786. The monoisotopic (exact) mass is 276 g/mol. The van der Waals surface area contributed by atoms with Crippen molar-refractivity contribution in [1.82, 2.24) is 15.0 Å². The number of nitrogens with zero attached hydrogens (tertiary/aromatic N) is 5. The van der Waals surface area contributed by atoms with Crippen LogP contribution in [0.2, 0.25) is 0 Å². The molecule has 3 rings (SSSR count). The Labute approximate surface area is 120 Å². The molecular formula is C14H24N6. The molecule has 0 amide bonds. The minimum absolute atomic E-state index is 0.682. The lowest BCUT2D eigenvalue weighted by atomic mass is 10.2. The van der Waals surface area contributed by atoms with Crippen molar-refractivity contribution in [3.8, 4) is 0 Å². The van der Waals surface area contributed by atoms with Crippen molar-refractivity contribution < 1.29 is 0 Å². The number of aromatic nitrogens is 3. The SMILES string of the molecule is CNc1nc(N2CCCCCC2)nc(N2CCCC2)n1. The molecule has 1 aromatic rings. The van der Waals surface area contributed by atoms with Crippen molar-refractivity contribution in [2.24, 2.45) is 0 Å². The van der Waals surface area contributed by atoms with E-state index in [1.54, 1.807) is 0 Å². The van der Waals surface area contributed by atoms with Crippen molar-refractivity contribution in [2.45, 2.75) is 38.5 Å². The first-order valence-electron chi connectivity index (χ1n) is 7.80. The molecule has 6 nitrogen and oxygen atoms in total. The van der Waals surface area contributed by atoms with Crippen LogP contribution >= 0.6 is 0 Å². The summed E-state index contributed by atoms with van der Waals surface area (Å²) in [6, 6.07) is 0. The second-order valence-corrected chi connectivity index (χ2v) is 5.60. The standard InChI is InChI=1S/C14H24N6/c1-15-12-16-13(19-8-4-2-3-5-9-19)18-14(17-12)20-10-6-7-11-20/h2-11H2,1H3,(H,15,16,17,18). The third kappa shape index (κ3) is 2.94. The van der Waals surface area contributed by atoms with Gasteiger partial charge in [-0.15, -0.1) is 0 Å². The molecule has 0 aromatic carbocycles. The van der Waals surface area contributed by atoms with Crippen LogP contribution in [0.5, 0.6) is 0 Å². The molecule has 2 saturated heterocycles. The first kappa shape index (κ1) is 13.4. The van der Waals surface area contributed by atoms with Gasteiger partial charge in [-0.3, -0.25) is 0 Å². The average molecular weight is 276 g/mol. The highest BCUT2D eigenvalue weighted by molar-refractivity contribution is 5.45. The number of hydrogen-bond acceptors (Lipinski definition) is 6. The summed E-state index contributed by atoms with van der Waals surface area (Å²) in [5, 5.41) is 3.07. The van der Waals surface area contributed by atoms with Gasteiger partial charge in [0.25, 0.3) is 0 Å². The molecule has 0 saturated carbocycles. The summed E-state index contributed by atoms with van der Waals surface area (Å²) in [7, 11) is 1.87. The van der Waals surface area contributed by atoms with Crippen molar-refractivity contribution >= 4 is 17.8 Å². The largest absolute Gasteiger partial charge is 0.357 e. The zero-order valence-corrected chi connectivity index (χ0v) is 12.3. The van der Waals surface area contributed by atoms with Crippen molar-refractivity contribution in [3.63, 3.8) is 0 Å². The second kappa shape index (κ2) is 6.24. The Morgan fingerprint density at radius 3 is 1.60 bits per heavy atom. The molecule has 0 spiro atoms. The molecule has 0 radical (unpaired) electrons. The van der Waals surface area contributed by atoms with Crippen LogP contribution in [0.4, 0.5) is 17.8 Å². The van der Waals surface area contributed by atoms with Gasteiger partial charge in [0.05, 0.1) is 0 Å². The zero-order chi connectivity index (χ0) is 13.8. The van der Waals surface area contributed by atoms with Gasteiger partial charge in [-0.25, -0.2) is 0 Å². The van der Waals surface area contributed by atoms with Crippen molar-refractivity contribution in [2.75, 3.05) is 48.3 Å². The van der Waals surface area contributed by atoms with E-state index in [0.29, 0.717) is 5.95 Å². The van der Waals surface area contributed by atoms with Crippen LogP contribution in [-0.2, 0) is 0 Å². The topological polar surface area (TPSA) is 57.2 Å². The molecule has 0 atom stereocenters. The molecule has 0 unspecified atom stereocenters. The van der Waals surface area contributed by atoms with Crippen LogP contribution in [0.3, 0.4) is 0 Å². The van der Waals surface area contributed by atoms with E-state index in [9.17, 15) is 0 Å². The van der Waals surface area contributed by atoms with Gasteiger partial charge in [-0.2, -0.15) is 15.0 Å². The summed E-state index contributed by atoms with van der Waals surface area (Å²) < 4.78 is 0. The third-order valence-electron chi connectivity index (χ3n) is 4.11. The summed E-state index contributed by atoms with van der Waals surface area (Å²) in [5.74, 6) is 2.36. The van der Waals surface area contributed by atoms with Crippen LogP contribution in [0, 0.1) is 0 Å². The van der Waals surface area contributed by atoms with E-state index in [2.05, 4.69) is 25.1 Å². The lowest BCUT2D eigenvalue weighted by molar-refractivity contribution is 0.726. The maximum Gasteiger partial charge on any atom is 0.231 e. The van der Waals surface area contributed by atoms with Gasteiger partial charge < -0.3 is 15.1 Å². The van der Waals surface area contributed by atoms with Gasteiger partial charge in [-0.1, -0.05) is 12.8 Å². The van der Waals surface area contributed by atoms with Gasteiger partial charge >= 0.3 is 0 Å². The summed E-state index contributed by atoms with van der Waals surface area (Å²) in [5.41, 5.74) is 0. The molecule has 3 heterocycles. The Balaban J connectivity index is 1.86. The first-order valence-corrected chi connectivity index (χ1v) is 7.80. The molecular weight excluding hydrogens is 252 g/mol. The molecule has 1 aromatic heterocycles. The van der Waals surface area contributed by atoms with Gasteiger partial charge in [0.15, 0.2) is 0 Å². The van der Waals surface area contributed by atoms with Crippen molar-refractivity contribution in [3.05, 3.63) is 0 Å². The van der Waals surface area contributed by atoms with E-state index in [4.69, 9.17) is 4.98 Å². The fourth-order valence-corrected chi connectivity index (χ4v) is 2.94. The average Bonchev–Trinajstić information content (AvgIpc) is 2.89. The maximum absolute atomic E-state index is 4.72. The smallest absolute Gasteiger partial charge is 0.231 e. The van der Waals surface area contributed by atoms with Gasteiger partial charge in [0.1, 0.15) is 0 Å². The van der Waals surface area contributed by atoms with Crippen LogP contribution in [-0.4, -0.2) is 48.2 Å². The van der Waals surface area contributed by atoms with E-state index in [1.165, 1.54) is 38.5 Å². The number of anilines is 3. The van der Waals surface area contributed by atoms with Crippen LogP contribution < -0.4 is 15.1 Å². The second-order valence-electron chi connectivity index (χ2n) is 5.60.